The molecule has 0 saturated carbocycles. The van der Waals surface area contributed by atoms with Crippen LogP contribution in [0.1, 0.15) is 24.6 Å². The summed E-state index contributed by atoms with van der Waals surface area (Å²) in [5.41, 5.74) is 4.60. The number of anilines is 1. The fourth-order valence-electron chi connectivity index (χ4n) is 2.31. The molecule has 0 spiro atoms. The molecule has 1 aromatic carbocycles. The Morgan fingerprint density at radius 2 is 2.42 bits per heavy atom. The molecule has 0 amide bonds. The van der Waals surface area contributed by atoms with Crippen molar-refractivity contribution >= 4 is 17.3 Å². The number of imidazole rings is 1. The van der Waals surface area contributed by atoms with Crippen molar-refractivity contribution in [3.63, 3.8) is 0 Å². The number of hydrogen-bond acceptors (Lipinski definition) is 3. The topological polar surface area (TPSA) is 49.9 Å². The Kier molecular flexibility index (Phi) is 3.23. The van der Waals surface area contributed by atoms with Gasteiger partial charge in [-0.25, -0.2) is 4.98 Å². The number of hydrogen-bond donors (Lipinski definition) is 2. The van der Waals surface area contributed by atoms with Gasteiger partial charge in [-0.2, -0.15) is 0 Å². The van der Waals surface area contributed by atoms with Crippen molar-refractivity contribution in [2.45, 2.75) is 13.3 Å². The van der Waals surface area contributed by atoms with Gasteiger partial charge in [0, 0.05) is 24.2 Å². The zero-order chi connectivity index (χ0) is 13.1. The lowest BCUT2D eigenvalue weighted by molar-refractivity contribution is 0.317. The summed E-state index contributed by atoms with van der Waals surface area (Å²) >= 11 is 0. The van der Waals surface area contributed by atoms with Gasteiger partial charge in [-0.05, 0) is 36.8 Å². The number of aromatic nitrogens is 2. The molecule has 1 aliphatic rings. The van der Waals surface area contributed by atoms with Gasteiger partial charge in [-0.1, -0.05) is 0 Å². The van der Waals surface area contributed by atoms with Gasteiger partial charge >= 0.3 is 0 Å². The molecule has 0 bridgehead atoms. The highest BCUT2D eigenvalue weighted by Gasteiger charge is 2.15. The Morgan fingerprint density at radius 3 is 3.21 bits per heavy atom. The number of aromatic amines is 1. The van der Waals surface area contributed by atoms with Gasteiger partial charge in [0.2, 0.25) is 0 Å². The first kappa shape index (κ1) is 11.8. The highest BCUT2D eigenvalue weighted by molar-refractivity contribution is 5.85. The third-order valence-electron chi connectivity index (χ3n) is 3.18. The van der Waals surface area contributed by atoms with Crippen LogP contribution in [0.25, 0.3) is 11.6 Å². The van der Waals surface area contributed by atoms with E-state index in [0.717, 1.165) is 36.7 Å². The molecule has 2 aromatic rings. The summed E-state index contributed by atoms with van der Waals surface area (Å²) in [6.07, 6.45) is 6.59. The van der Waals surface area contributed by atoms with Crippen LogP contribution >= 0.6 is 0 Å². The Hall–Kier alpha value is -2.23. The van der Waals surface area contributed by atoms with E-state index in [-0.39, 0.29) is 0 Å². The molecule has 0 saturated heterocycles. The quantitative estimate of drug-likeness (QED) is 0.885. The predicted molar refractivity (Wildman–Crippen MR) is 77.2 cm³/mol. The van der Waals surface area contributed by atoms with Gasteiger partial charge in [-0.15, -0.1) is 0 Å². The third-order valence-corrected chi connectivity index (χ3v) is 3.18. The van der Waals surface area contributed by atoms with Crippen LogP contribution in [0.5, 0.6) is 5.75 Å². The van der Waals surface area contributed by atoms with Crippen LogP contribution in [-0.4, -0.2) is 23.1 Å². The highest BCUT2D eigenvalue weighted by Crippen LogP contribution is 2.35. The number of nitrogens with one attached hydrogen (secondary N) is 2. The third kappa shape index (κ3) is 2.47. The predicted octanol–water partition coefficient (Wildman–Crippen LogP) is 3.16. The molecule has 4 heteroatoms. The molecule has 0 aliphatic carbocycles. The molecule has 1 aromatic heterocycles. The van der Waals surface area contributed by atoms with Crippen molar-refractivity contribution in [2.24, 2.45) is 0 Å². The first-order valence-corrected chi connectivity index (χ1v) is 6.57. The fraction of sp³-hybridized carbons (Fsp3) is 0.267. The van der Waals surface area contributed by atoms with E-state index in [9.17, 15) is 0 Å². The van der Waals surface area contributed by atoms with E-state index in [2.05, 4.69) is 40.4 Å². The molecule has 0 fully saturated rings. The molecular formula is C15H17N3O. The highest BCUT2D eigenvalue weighted by atomic mass is 16.5. The van der Waals surface area contributed by atoms with Crippen molar-refractivity contribution in [3.05, 3.63) is 42.0 Å². The lowest BCUT2D eigenvalue weighted by Crippen LogP contribution is -2.08. The number of nitrogens with zero attached hydrogens (tertiary/aromatic N) is 1. The average molecular weight is 255 g/mol. The summed E-state index contributed by atoms with van der Waals surface area (Å²) in [5, 5.41) is 3.33. The SMILES string of the molecule is CCNc1ccc2c(c1)/C(=C/c1cnc[nH]1)CCO2. The summed E-state index contributed by atoms with van der Waals surface area (Å²) in [6.45, 7) is 3.74. The van der Waals surface area contributed by atoms with Gasteiger partial charge in [0.25, 0.3) is 0 Å². The van der Waals surface area contributed by atoms with E-state index in [1.54, 1.807) is 6.33 Å². The van der Waals surface area contributed by atoms with Crippen molar-refractivity contribution in [1.29, 1.82) is 0 Å². The lowest BCUT2D eigenvalue weighted by atomic mass is 9.98. The van der Waals surface area contributed by atoms with Crippen LogP contribution < -0.4 is 10.1 Å². The molecule has 0 unspecified atom stereocenters. The lowest BCUT2D eigenvalue weighted by Gasteiger charge is -2.21. The molecule has 2 N–H and O–H groups in total. The maximum absolute atomic E-state index is 5.71. The van der Waals surface area contributed by atoms with E-state index < -0.39 is 0 Å². The van der Waals surface area contributed by atoms with Crippen LogP contribution in [0.4, 0.5) is 5.69 Å². The summed E-state index contributed by atoms with van der Waals surface area (Å²) in [5.74, 6) is 0.957. The van der Waals surface area contributed by atoms with Crippen molar-refractivity contribution in [3.8, 4) is 5.75 Å². The molecule has 4 nitrogen and oxygen atoms in total. The van der Waals surface area contributed by atoms with Gasteiger partial charge in [0.1, 0.15) is 5.75 Å². The van der Waals surface area contributed by atoms with Crippen molar-refractivity contribution in [2.75, 3.05) is 18.5 Å². The van der Waals surface area contributed by atoms with Crippen molar-refractivity contribution < 1.29 is 4.74 Å². The number of benzene rings is 1. The second kappa shape index (κ2) is 5.18. The normalized spacial score (nSPS) is 15.9. The summed E-state index contributed by atoms with van der Waals surface area (Å²) < 4.78 is 5.71. The number of H-pyrrole nitrogens is 1. The number of rotatable bonds is 3. The number of fused-ring (bicyclic) bond motifs is 1. The zero-order valence-corrected chi connectivity index (χ0v) is 10.9. The maximum atomic E-state index is 5.71. The molecule has 19 heavy (non-hydrogen) atoms. The summed E-state index contributed by atoms with van der Waals surface area (Å²) in [6, 6.07) is 6.24. The Morgan fingerprint density at radius 1 is 1.47 bits per heavy atom. The van der Waals surface area contributed by atoms with E-state index in [0.29, 0.717) is 0 Å². The Bertz CT molecular complexity index is 587. The van der Waals surface area contributed by atoms with Crippen LogP contribution in [0.2, 0.25) is 0 Å². The number of ether oxygens (including phenoxy) is 1. The molecule has 3 rings (SSSR count). The minimum Gasteiger partial charge on any atom is -0.493 e. The average Bonchev–Trinajstić information content (AvgIpc) is 2.93. The molecule has 0 radical (unpaired) electrons. The monoisotopic (exact) mass is 255 g/mol. The van der Waals surface area contributed by atoms with Crippen LogP contribution in [-0.2, 0) is 0 Å². The van der Waals surface area contributed by atoms with Gasteiger partial charge in [0.15, 0.2) is 0 Å². The minimum atomic E-state index is 0.730. The summed E-state index contributed by atoms with van der Waals surface area (Å²) in [7, 11) is 0. The van der Waals surface area contributed by atoms with Crippen molar-refractivity contribution in [1.82, 2.24) is 9.97 Å². The molecule has 0 atom stereocenters. The second-order valence-electron chi connectivity index (χ2n) is 4.52. The Labute approximate surface area is 112 Å². The van der Waals surface area contributed by atoms with Crippen LogP contribution in [0.3, 0.4) is 0 Å². The fourth-order valence-corrected chi connectivity index (χ4v) is 2.31. The van der Waals surface area contributed by atoms with Crippen LogP contribution in [0, 0.1) is 0 Å². The minimum absolute atomic E-state index is 0.730. The first-order chi connectivity index (χ1) is 9.36. The largest absolute Gasteiger partial charge is 0.493 e. The first-order valence-electron chi connectivity index (χ1n) is 6.57. The standard InChI is InChI=1S/C15H17N3O/c1-2-17-12-3-4-15-14(8-12)11(5-6-19-15)7-13-9-16-10-18-13/h3-4,7-10,17H,2,5-6H2,1H3,(H,16,18)/b11-7+. The van der Waals surface area contributed by atoms with E-state index in [1.807, 2.05) is 12.3 Å². The molecule has 1 aliphatic heterocycles. The van der Waals surface area contributed by atoms with Gasteiger partial charge < -0.3 is 15.0 Å². The van der Waals surface area contributed by atoms with E-state index in [4.69, 9.17) is 4.74 Å². The Balaban J connectivity index is 2.00. The van der Waals surface area contributed by atoms with Gasteiger partial charge in [-0.3, -0.25) is 0 Å². The van der Waals surface area contributed by atoms with Crippen LogP contribution in [0.15, 0.2) is 30.7 Å². The van der Waals surface area contributed by atoms with E-state index >= 15 is 0 Å². The zero-order valence-electron chi connectivity index (χ0n) is 10.9. The molecule has 98 valence electrons. The molecular weight excluding hydrogens is 238 g/mol. The second-order valence-corrected chi connectivity index (χ2v) is 4.52. The van der Waals surface area contributed by atoms with E-state index in [1.165, 1.54) is 11.1 Å². The maximum Gasteiger partial charge on any atom is 0.126 e. The summed E-state index contributed by atoms with van der Waals surface area (Å²) in [4.78, 5) is 7.16. The van der Waals surface area contributed by atoms with Gasteiger partial charge in [0.05, 0.1) is 24.8 Å². The molecule has 2 heterocycles. The smallest absolute Gasteiger partial charge is 0.126 e.